The lowest BCUT2D eigenvalue weighted by Crippen LogP contribution is -2.30. The van der Waals surface area contributed by atoms with Crippen LogP contribution in [0.3, 0.4) is 0 Å². The van der Waals surface area contributed by atoms with Gasteiger partial charge in [0.2, 0.25) is 5.91 Å². The average Bonchev–Trinajstić information content (AvgIpc) is 3.14. The van der Waals surface area contributed by atoms with Gasteiger partial charge in [0.25, 0.3) is 0 Å². The molecule has 1 aromatic carbocycles. The van der Waals surface area contributed by atoms with Crippen molar-refractivity contribution in [2.45, 2.75) is 45.8 Å². The standard InChI is InChI=1S/C22H29N3O3/c1-14-15(2)23-25(16(14)3)10-9-20(28)24-11-19(27)22(13-24)18(12-26)21(22)17-7-5-4-6-8-17/h4-8,18-19,21,26-27H,9-13H2,1-3H3/t18-,19-,21-,22-/m1/s1. The first-order valence-corrected chi connectivity index (χ1v) is 10.0. The number of carbonyl (C=O) groups is 1. The lowest BCUT2D eigenvalue weighted by molar-refractivity contribution is -0.130. The van der Waals surface area contributed by atoms with Crippen LogP contribution in [-0.2, 0) is 11.3 Å². The number of aromatic nitrogens is 2. The Morgan fingerprint density at radius 2 is 1.96 bits per heavy atom. The van der Waals surface area contributed by atoms with E-state index in [-0.39, 0.29) is 24.3 Å². The van der Waals surface area contributed by atoms with Crippen molar-refractivity contribution in [2.24, 2.45) is 11.3 Å². The fraction of sp³-hybridized carbons (Fsp3) is 0.545. The fourth-order valence-corrected chi connectivity index (χ4v) is 5.12. The van der Waals surface area contributed by atoms with E-state index in [1.165, 1.54) is 0 Å². The summed E-state index contributed by atoms with van der Waals surface area (Å²) in [5.74, 6) is 0.142. The molecule has 150 valence electrons. The number of benzene rings is 1. The fourth-order valence-electron chi connectivity index (χ4n) is 5.12. The number of β-amino-alcohol motifs (C(OH)–C–C–N with tert-alkyl or cyclic N) is 1. The van der Waals surface area contributed by atoms with E-state index in [0.717, 1.165) is 22.5 Å². The predicted octanol–water partition coefficient (Wildman–Crippen LogP) is 1.79. The minimum atomic E-state index is -0.602. The second-order valence-electron chi connectivity index (χ2n) is 8.35. The minimum absolute atomic E-state index is 0.00126. The molecule has 1 saturated carbocycles. The Balaban J connectivity index is 1.45. The molecule has 1 aromatic heterocycles. The molecule has 1 spiro atoms. The van der Waals surface area contributed by atoms with Gasteiger partial charge < -0.3 is 15.1 Å². The van der Waals surface area contributed by atoms with Crippen molar-refractivity contribution in [3.8, 4) is 0 Å². The maximum Gasteiger partial charge on any atom is 0.224 e. The molecule has 1 aliphatic heterocycles. The maximum absolute atomic E-state index is 12.8. The molecule has 1 amide bonds. The van der Waals surface area contributed by atoms with Crippen LogP contribution in [0.5, 0.6) is 0 Å². The normalized spacial score (nSPS) is 28.9. The number of aliphatic hydroxyl groups excluding tert-OH is 2. The van der Waals surface area contributed by atoms with Gasteiger partial charge in [0, 0.05) is 43.8 Å². The van der Waals surface area contributed by atoms with Crippen molar-refractivity contribution >= 4 is 5.91 Å². The van der Waals surface area contributed by atoms with E-state index >= 15 is 0 Å². The first kappa shape index (κ1) is 19.2. The van der Waals surface area contributed by atoms with Gasteiger partial charge in [-0.05, 0) is 43.7 Å². The van der Waals surface area contributed by atoms with Gasteiger partial charge in [0.05, 0.1) is 11.8 Å². The summed E-state index contributed by atoms with van der Waals surface area (Å²) in [5, 5.41) is 25.2. The largest absolute Gasteiger partial charge is 0.396 e. The summed E-state index contributed by atoms with van der Waals surface area (Å²) in [5.41, 5.74) is 3.97. The topological polar surface area (TPSA) is 78.6 Å². The number of hydrogen-bond donors (Lipinski definition) is 2. The molecule has 0 radical (unpaired) electrons. The molecule has 4 atom stereocenters. The molecule has 2 fully saturated rings. The molecule has 6 nitrogen and oxygen atoms in total. The van der Waals surface area contributed by atoms with Crippen molar-refractivity contribution < 1.29 is 15.0 Å². The summed E-state index contributed by atoms with van der Waals surface area (Å²) in [7, 11) is 0. The summed E-state index contributed by atoms with van der Waals surface area (Å²) < 4.78 is 1.89. The number of likely N-dealkylation sites (tertiary alicyclic amines) is 1. The Bertz CT molecular complexity index is 879. The molecule has 28 heavy (non-hydrogen) atoms. The highest BCUT2D eigenvalue weighted by Gasteiger charge is 2.71. The van der Waals surface area contributed by atoms with Crippen LogP contribution in [0, 0.1) is 32.1 Å². The Kier molecular flexibility index (Phi) is 4.79. The molecule has 2 N–H and O–H groups in total. The third kappa shape index (κ3) is 2.86. The maximum atomic E-state index is 12.8. The number of aliphatic hydroxyl groups is 2. The quantitative estimate of drug-likeness (QED) is 0.825. The summed E-state index contributed by atoms with van der Waals surface area (Å²) >= 11 is 0. The van der Waals surface area contributed by atoms with Crippen LogP contribution in [0.1, 0.15) is 34.9 Å². The minimum Gasteiger partial charge on any atom is -0.396 e. The zero-order valence-electron chi connectivity index (χ0n) is 16.8. The van der Waals surface area contributed by atoms with Crippen molar-refractivity contribution in [1.82, 2.24) is 14.7 Å². The van der Waals surface area contributed by atoms with E-state index in [1.807, 2.05) is 55.8 Å². The van der Waals surface area contributed by atoms with Gasteiger partial charge in [0.15, 0.2) is 0 Å². The van der Waals surface area contributed by atoms with E-state index in [9.17, 15) is 15.0 Å². The monoisotopic (exact) mass is 383 g/mol. The second-order valence-corrected chi connectivity index (χ2v) is 8.35. The summed E-state index contributed by atoms with van der Waals surface area (Å²) in [6.45, 7) is 7.47. The summed E-state index contributed by atoms with van der Waals surface area (Å²) in [4.78, 5) is 14.6. The van der Waals surface area contributed by atoms with E-state index in [1.54, 1.807) is 4.90 Å². The Hall–Kier alpha value is -2.18. The van der Waals surface area contributed by atoms with Crippen molar-refractivity contribution in [3.63, 3.8) is 0 Å². The Morgan fingerprint density at radius 3 is 2.57 bits per heavy atom. The Labute approximate surface area is 165 Å². The number of nitrogens with zero attached hydrogens (tertiary/aromatic N) is 3. The van der Waals surface area contributed by atoms with Crippen molar-refractivity contribution in [1.29, 1.82) is 0 Å². The SMILES string of the molecule is Cc1nn(CCC(=O)N2C[C@@H](O)[C@@]3(C2)[C@H](CO)[C@H]3c2ccccc2)c(C)c1C. The number of carbonyl (C=O) groups excluding carboxylic acids is 1. The zero-order chi connectivity index (χ0) is 20.1. The number of aryl methyl sites for hydroxylation is 2. The molecular formula is C22H29N3O3. The van der Waals surface area contributed by atoms with Gasteiger partial charge in [-0.2, -0.15) is 5.10 Å². The lowest BCUT2D eigenvalue weighted by atomic mass is 9.95. The number of hydrogen-bond acceptors (Lipinski definition) is 4. The first-order chi connectivity index (χ1) is 13.4. The second kappa shape index (κ2) is 7.01. The van der Waals surface area contributed by atoms with Gasteiger partial charge in [-0.1, -0.05) is 30.3 Å². The van der Waals surface area contributed by atoms with Crippen molar-refractivity contribution in [3.05, 3.63) is 52.8 Å². The highest BCUT2D eigenvalue weighted by atomic mass is 16.3. The molecule has 2 aromatic rings. The highest BCUT2D eigenvalue weighted by molar-refractivity contribution is 5.77. The van der Waals surface area contributed by atoms with E-state index in [0.29, 0.717) is 26.1 Å². The number of amides is 1. The first-order valence-electron chi connectivity index (χ1n) is 10.0. The molecule has 6 heteroatoms. The molecule has 1 aliphatic carbocycles. The molecule has 1 saturated heterocycles. The third-order valence-electron chi connectivity index (χ3n) is 7.03. The van der Waals surface area contributed by atoms with Crippen LogP contribution in [-0.4, -0.2) is 56.6 Å². The van der Waals surface area contributed by atoms with Crippen LogP contribution in [0.25, 0.3) is 0 Å². The molecule has 0 unspecified atom stereocenters. The van der Waals surface area contributed by atoms with Crippen LogP contribution in [0.2, 0.25) is 0 Å². The molecular weight excluding hydrogens is 354 g/mol. The van der Waals surface area contributed by atoms with Gasteiger partial charge in [0.1, 0.15) is 0 Å². The molecule has 0 bridgehead atoms. The Morgan fingerprint density at radius 1 is 1.25 bits per heavy atom. The van der Waals surface area contributed by atoms with Gasteiger partial charge in [-0.3, -0.25) is 9.48 Å². The zero-order valence-corrected chi connectivity index (χ0v) is 16.8. The molecule has 4 rings (SSSR count). The van der Waals surface area contributed by atoms with E-state index in [4.69, 9.17) is 0 Å². The summed E-state index contributed by atoms with van der Waals surface area (Å²) in [6, 6.07) is 10.0. The van der Waals surface area contributed by atoms with E-state index in [2.05, 4.69) is 5.10 Å². The van der Waals surface area contributed by atoms with Gasteiger partial charge in [-0.15, -0.1) is 0 Å². The van der Waals surface area contributed by atoms with Crippen molar-refractivity contribution in [2.75, 3.05) is 19.7 Å². The molecule has 2 aliphatic rings. The van der Waals surface area contributed by atoms with Crippen LogP contribution >= 0.6 is 0 Å². The van der Waals surface area contributed by atoms with Gasteiger partial charge >= 0.3 is 0 Å². The number of rotatable bonds is 5. The average molecular weight is 383 g/mol. The lowest BCUT2D eigenvalue weighted by Gasteiger charge is -2.17. The molecule has 2 heterocycles. The van der Waals surface area contributed by atoms with Gasteiger partial charge in [-0.25, -0.2) is 0 Å². The summed E-state index contributed by atoms with van der Waals surface area (Å²) in [6.07, 6.45) is -0.237. The van der Waals surface area contributed by atoms with E-state index < -0.39 is 11.5 Å². The van der Waals surface area contributed by atoms with Crippen LogP contribution in [0.15, 0.2) is 30.3 Å². The highest BCUT2D eigenvalue weighted by Crippen LogP contribution is 2.68. The van der Waals surface area contributed by atoms with Crippen LogP contribution < -0.4 is 0 Å². The smallest absolute Gasteiger partial charge is 0.224 e. The van der Waals surface area contributed by atoms with Crippen LogP contribution in [0.4, 0.5) is 0 Å². The predicted molar refractivity (Wildman–Crippen MR) is 106 cm³/mol. The third-order valence-corrected chi connectivity index (χ3v) is 7.03.